The first-order chi connectivity index (χ1) is 8.10. The standard InChI is InChI=1S/C10H14FN3O2S.ClH/c11-9-6-10(8-13-7-9)17(15,16)14-4-1-2-12-3-5-14;/h6-8,12H,1-5H2;1H. The normalized spacial score (nSPS) is 17.8. The van der Waals surface area contributed by atoms with Gasteiger partial charge < -0.3 is 5.32 Å². The molecule has 102 valence electrons. The van der Waals surface area contributed by atoms with Crippen LogP contribution in [-0.4, -0.2) is 43.9 Å². The first-order valence-electron chi connectivity index (χ1n) is 5.42. The molecular weight excluding hydrogens is 281 g/mol. The Balaban J connectivity index is 0.00000162. The van der Waals surface area contributed by atoms with Gasteiger partial charge in [0.2, 0.25) is 10.0 Å². The molecule has 1 saturated heterocycles. The highest BCUT2D eigenvalue weighted by molar-refractivity contribution is 7.89. The summed E-state index contributed by atoms with van der Waals surface area (Å²) in [6, 6.07) is 1.00. The van der Waals surface area contributed by atoms with Crippen LogP contribution in [0.2, 0.25) is 0 Å². The van der Waals surface area contributed by atoms with Crippen molar-refractivity contribution in [2.45, 2.75) is 11.3 Å². The molecule has 1 aromatic rings. The fourth-order valence-electron chi connectivity index (χ4n) is 1.74. The van der Waals surface area contributed by atoms with Gasteiger partial charge in [0.25, 0.3) is 0 Å². The Kier molecular flexibility index (Phi) is 5.46. The van der Waals surface area contributed by atoms with E-state index in [1.165, 1.54) is 10.5 Å². The van der Waals surface area contributed by atoms with Gasteiger partial charge in [-0.25, -0.2) is 12.8 Å². The van der Waals surface area contributed by atoms with Gasteiger partial charge in [-0.3, -0.25) is 4.98 Å². The maximum Gasteiger partial charge on any atom is 0.244 e. The van der Waals surface area contributed by atoms with Crippen molar-refractivity contribution in [2.75, 3.05) is 26.2 Å². The number of nitrogens with zero attached hydrogens (tertiary/aromatic N) is 2. The third-order valence-corrected chi connectivity index (χ3v) is 4.48. The number of rotatable bonds is 2. The van der Waals surface area contributed by atoms with Crippen LogP contribution in [0, 0.1) is 5.82 Å². The molecule has 0 radical (unpaired) electrons. The lowest BCUT2D eigenvalue weighted by Gasteiger charge is -2.19. The Morgan fingerprint density at radius 3 is 2.78 bits per heavy atom. The van der Waals surface area contributed by atoms with Gasteiger partial charge >= 0.3 is 0 Å². The number of aromatic nitrogens is 1. The Labute approximate surface area is 112 Å². The topological polar surface area (TPSA) is 62.3 Å². The Hall–Kier alpha value is -0.760. The fourth-order valence-corrected chi connectivity index (χ4v) is 3.20. The van der Waals surface area contributed by atoms with Gasteiger partial charge in [0.15, 0.2) is 0 Å². The molecule has 0 atom stereocenters. The van der Waals surface area contributed by atoms with Crippen LogP contribution in [0.3, 0.4) is 0 Å². The van der Waals surface area contributed by atoms with E-state index in [0.29, 0.717) is 19.6 Å². The number of pyridine rings is 1. The van der Waals surface area contributed by atoms with Crippen LogP contribution in [0.15, 0.2) is 23.4 Å². The molecule has 8 heteroatoms. The zero-order chi connectivity index (χ0) is 12.3. The summed E-state index contributed by atoms with van der Waals surface area (Å²) in [6.07, 6.45) is 2.92. The predicted octanol–water partition coefficient (Wildman–Crippen LogP) is 0.626. The minimum Gasteiger partial charge on any atom is -0.315 e. The fraction of sp³-hybridized carbons (Fsp3) is 0.500. The first-order valence-corrected chi connectivity index (χ1v) is 6.86. The van der Waals surface area contributed by atoms with Crippen LogP contribution in [0.1, 0.15) is 6.42 Å². The molecule has 0 aromatic carbocycles. The van der Waals surface area contributed by atoms with Crippen LogP contribution in [0.25, 0.3) is 0 Å². The lowest BCUT2D eigenvalue weighted by Crippen LogP contribution is -2.34. The minimum atomic E-state index is -3.62. The van der Waals surface area contributed by atoms with Crippen molar-refractivity contribution in [3.05, 3.63) is 24.3 Å². The molecule has 1 aromatic heterocycles. The molecule has 1 fully saturated rings. The molecule has 2 heterocycles. The second-order valence-electron chi connectivity index (χ2n) is 3.85. The van der Waals surface area contributed by atoms with Crippen molar-refractivity contribution in [2.24, 2.45) is 0 Å². The summed E-state index contributed by atoms with van der Waals surface area (Å²) in [5.74, 6) is -0.640. The first kappa shape index (κ1) is 15.3. The van der Waals surface area contributed by atoms with E-state index in [1.54, 1.807) is 0 Å². The third kappa shape index (κ3) is 3.38. The maximum absolute atomic E-state index is 13.0. The van der Waals surface area contributed by atoms with Gasteiger partial charge in [0.05, 0.1) is 6.20 Å². The summed E-state index contributed by atoms with van der Waals surface area (Å²) in [7, 11) is -3.62. The van der Waals surface area contributed by atoms with E-state index in [2.05, 4.69) is 10.3 Å². The maximum atomic E-state index is 13.0. The van der Waals surface area contributed by atoms with E-state index in [-0.39, 0.29) is 17.3 Å². The summed E-state index contributed by atoms with van der Waals surface area (Å²) in [4.78, 5) is 3.49. The van der Waals surface area contributed by atoms with Gasteiger partial charge in [-0.1, -0.05) is 0 Å². The van der Waals surface area contributed by atoms with Gasteiger partial charge in [-0.15, -0.1) is 12.4 Å². The van der Waals surface area contributed by atoms with Crippen LogP contribution in [0.5, 0.6) is 0 Å². The van der Waals surface area contributed by atoms with Gasteiger partial charge in [-0.05, 0) is 19.0 Å². The van der Waals surface area contributed by atoms with Crippen molar-refractivity contribution < 1.29 is 12.8 Å². The Morgan fingerprint density at radius 2 is 2.06 bits per heavy atom. The van der Waals surface area contributed by atoms with E-state index >= 15 is 0 Å². The molecule has 0 bridgehead atoms. The van der Waals surface area contributed by atoms with E-state index in [0.717, 1.165) is 25.2 Å². The van der Waals surface area contributed by atoms with Crippen LogP contribution >= 0.6 is 12.4 Å². The zero-order valence-electron chi connectivity index (χ0n) is 9.67. The molecular formula is C10H15ClFN3O2S. The third-order valence-electron chi connectivity index (χ3n) is 2.62. The lowest BCUT2D eigenvalue weighted by atomic mass is 10.4. The number of nitrogens with one attached hydrogen (secondary N) is 1. The summed E-state index contributed by atoms with van der Waals surface area (Å²) in [5.41, 5.74) is 0. The molecule has 0 unspecified atom stereocenters. The Bertz CT molecular complexity index is 490. The molecule has 1 N–H and O–H groups in total. The molecule has 0 saturated carbocycles. The molecule has 18 heavy (non-hydrogen) atoms. The predicted molar refractivity (Wildman–Crippen MR) is 67.7 cm³/mol. The Morgan fingerprint density at radius 1 is 1.28 bits per heavy atom. The summed E-state index contributed by atoms with van der Waals surface area (Å²) >= 11 is 0. The molecule has 1 aliphatic heterocycles. The average molecular weight is 296 g/mol. The second kappa shape index (κ2) is 6.42. The monoisotopic (exact) mass is 295 g/mol. The van der Waals surface area contributed by atoms with Crippen molar-refractivity contribution in [3.63, 3.8) is 0 Å². The van der Waals surface area contributed by atoms with Crippen molar-refractivity contribution >= 4 is 22.4 Å². The highest BCUT2D eigenvalue weighted by atomic mass is 35.5. The van der Waals surface area contributed by atoms with Gasteiger partial charge in [0, 0.05) is 25.8 Å². The summed E-state index contributed by atoms with van der Waals surface area (Å²) in [5, 5.41) is 3.12. The zero-order valence-corrected chi connectivity index (χ0v) is 11.3. The molecule has 1 aliphatic rings. The molecule has 5 nitrogen and oxygen atoms in total. The van der Waals surface area contributed by atoms with Gasteiger partial charge in [0.1, 0.15) is 10.7 Å². The molecule has 2 rings (SSSR count). The van der Waals surface area contributed by atoms with E-state index in [4.69, 9.17) is 0 Å². The van der Waals surface area contributed by atoms with Gasteiger partial charge in [-0.2, -0.15) is 4.31 Å². The average Bonchev–Trinajstić information content (AvgIpc) is 2.58. The number of halogens is 2. The summed E-state index contributed by atoms with van der Waals surface area (Å²) in [6.45, 7) is 2.26. The van der Waals surface area contributed by atoms with Crippen LogP contribution in [0.4, 0.5) is 4.39 Å². The van der Waals surface area contributed by atoms with Crippen molar-refractivity contribution in [3.8, 4) is 0 Å². The highest BCUT2D eigenvalue weighted by Gasteiger charge is 2.25. The quantitative estimate of drug-likeness (QED) is 0.869. The smallest absolute Gasteiger partial charge is 0.244 e. The van der Waals surface area contributed by atoms with E-state index in [1.807, 2.05) is 0 Å². The number of hydrogen-bond acceptors (Lipinski definition) is 4. The number of hydrogen-bond donors (Lipinski definition) is 1. The van der Waals surface area contributed by atoms with E-state index < -0.39 is 15.8 Å². The lowest BCUT2D eigenvalue weighted by molar-refractivity contribution is 0.431. The molecule has 0 spiro atoms. The largest absolute Gasteiger partial charge is 0.315 e. The molecule has 0 aliphatic carbocycles. The number of sulfonamides is 1. The molecule has 0 amide bonds. The summed E-state index contributed by atoms with van der Waals surface area (Å²) < 4.78 is 38.7. The van der Waals surface area contributed by atoms with Crippen molar-refractivity contribution in [1.82, 2.24) is 14.6 Å². The van der Waals surface area contributed by atoms with E-state index in [9.17, 15) is 12.8 Å². The van der Waals surface area contributed by atoms with Crippen molar-refractivity contribution in [1.29, 1.82) is 0 Å². The van der Waals surface area contributed by atoms with Crippen LogP contribution < -0.4 is 5.32 Å². The second-order valence-corrected chi connectivity index (χ2v) is 5.78. The highest BCUT2D eigenvalue weighted by Crippen LogP contribution is 2.16. The minimum absolute atomic E-state index is 0. The SMILES string of the molecule is Cl.O=S(=O)(c1cncc(F)c1)N1CCCNCC1. The van der Waals surface area contributed by atoms with Crippen LogP contribution in [-0.2, 0) is 10.0 Å².